The van der Waals surface area contributed by atoms with E-state index in [4.69, 9.17) is 4.74 Å². The highest BCUT2D eigenvalue weighted by atomic mass is 32.1. The van der Waals surface area contributed by atoms with E-state index in [2.05, 4.69) is 40.6 Å². The van der Waals surface area contributed by atoms with Crippen molar-refractivity contribution < 1.29 is 4.74 Å². The number of nitrogens with one attached hydrogen (secondary N) is 1. The first-order valence-electron chi connectivity index (χ1n) is 6.60. The molecule has 0 aliphatic rings. The molecule has 0 spiro atoms. The number of benzene rings is 2. The second-order valence-electron chi connectivity index (χ2n) is 4.50. The largest absolute Gasteiger partial charge is 0.383 e. The molecule has 20 heavy (non-hydrogen) atoms. The molecule has 4 heteroatoms. The molecule has 0 fully saturated rings. The highest BCUT2D eigenvalue weighted by Gasteiger charge is 1.98. The summed E-state index contributed by atoms with van der Waals surface area (Å²) < 4.78 is 6.86. The molecule has 0 radical (unpaired) electrons. The number of rotatable bonds is 6. The smallest absolute Gasteiger partial charge is 0.0832 e. The van der Waals surface area contributed by atoms with E-state index < -0.39 is 0 Å². The van der Waals surface area contributed by atoms with Gasteiger partial charge in [-0.05, 0) is 23.8 Å². The fourth-order valence-electron chi connectivity index (χ4n) is 2.00. The Kier molecular flexibility index (Phi) is 4.25. The van der Waals surface area contributed by atoms with E-state index in [-0.39, 0.29) is 0 Å². The van der Waals surface area contributed by atoms with Crippen molar-refractivity contribution in [3.63, 3.8) is 0 Å². The number of hydrogen-bond donors (Lipinski definition) is 1. The number of anilines is 1. The lowest BCUT2D eigenvalue weighted by atomic mass is 10.2. The van der Waals surface area contributed by atoms with Gasteiger partial charge in [-0.15, -0.1) is 11.3 Å². The van der Waals surface area contributed by atoms with Gasteiger partial charge < -0.3 is 10.1 Å². The molecule has 0 atom stereocenters. The van der Waals surface area contributed by atoms with Gasteiger partial charge >= 0.3 is 0 Å². The Morgan fingerprint density at radius 3 is 2.90 bits per heavy atom. The number of aromatic nitrogens is 1. The summed E-state index contributed by atoms with van der Waals surface area (Å²) in [6.45, 7) is 2.14. The van der Waals surface area contributed by atoms with Gasteiger partial charge in [-0.25, -0.2) is 4.98 Å². The molecule has 2 aromatic carbocycles. The van der Waals surface area contributed by atoms with Crippen LogP contribution in [0.5, 0.6) is 0 Å². The summed E-state index contributed by atoms with van der Waals surface area (Å²) in [5.41, 5.74) is 5.21. The second-order valence-corrected chi connectivity index (χ2v) is 5.39. The molecule has 0 bridgehead atoms. The van der Waals surface area contributed by atoms with E-state index in [1.165, 1.54) is 10.3 Å². The van der Waals surface area contributed by atoms with E-state index in [1.54, 1.807) is 11.3 Å². The number of fused-ring (bicyclic) bond motifs is 1. The summed E-state index contributed by atoms with van der Waals surface area (Å²) in [5, 5.41) is 3.35. The Hall–Kier alpha value is -1.91. The first-order valence-corrected chi connectivity index (χ1v) is 7.48. The summed E-state index contributed by atoms with van der Waals surface area (Å²) in [6.07, 6.45) is 0. The Morgan fingerprint density at radius 2 is 2.00 bits per heavy atom. The third kappa shape index (κ3) is 3.35. The summed E-state index contributed by atoms with van der Waals surface area (Å²) in [5.74, 6) is 0. The summed E-state index contributed by atoms with van der Waals surface area (Å²) in [4.78, 5) is 4.31. The molecular weight excluding hydrogens is 268 g/mol. The Labute approximate surface area is 122 Å². The van der Waals surface area contributed by atoms with E-state index in [1.807, 2.05) is 23.7 Å². The highest BCUT2D eigenvalue weighted by Crippen LogP contribution is 2.21. The topological polar surface area (TPSA) is 34.1 Å². The molecule has 0 amide bonds. The molecule has 102 valence electrons. The van der Waals surface area contributed by atoms with Gasteiger partial charge in [0.2, 0.25) is 0 Å². The molecule has 1 heterocycles. The van der Waals surface area contributed by atoms with Crippen LogP contribution in [0.1, 0.15) is 5.56 Å². The van der Waals surface area contributed by atoms with Crippen molar-refractivity contribution in [3.8, 4) is 0 Å². The van der Waals surface area contributed by atoms with Crippen LogP contribution in [0, 0.1) is 0 Å². The van der Waals surface area contributed by atoms with Gasteiger partial charge in [0.15, 0.2) is 0 Å². The zero-order valence-corrected chi connectivity index (χ0v) is 11.9. The van der Waals surface area contributed by atoms with Crippen LogP contribution in [0.25, 0.3) is 10.2 Å². The van der Waals surface area contributed by atoms with Crippen LogP contribution in [0.4, 0.5) is 5.69 Å². The van der Waals surface area contributed by atoms with E-state index >= 15 is 0 Å². The Morgan fingerprint density at radius 1 is 1.10 bits per heavy atom. The van der Waals surface area contributed by atoms with Gasteiger partial charge in [0.25, 0.3) is 0 Å². The van der Waals surface area contributed by atoms with Crippen molar-refractivity contribution in [2.45, 2.75) is 6.61 Å². The maximum absolute atomic E-state index is 5.64. The van der Waals surface area contributed by atoms with Crippen molar-refractivity contribution >= 4 is 27.2 Å². The fraction of sp³-hybridized carbons (Fsp3) is 0.188. The average Bonchev–Trinajstić information content (AvgIpc) is 2.95. The zero-order chi connectivity index (χ0) is 13.6. The second kappa shape index (κ2) is 6.50. The molecule has 3 nitrogen and oxygen atoms in total. The van der Waals surface area contributed by atoms with Crippen LogP contribution in [-0.4, -0.2) is 18.1 Å². The zero-order valence-electron chi connectivity index (χ0n) is 11.1. The van der Waals surface area contributed by atoms with E-state index in [9.17, 15) is 0 Å². The lowest BCUT2D eigenvalue weighted by Gasteiger charge is -2.07. The van der Waals surface area contributed by atoms with Gasteiger partial charge in [-0.1, -0.05) is 30.3 Å². The minimum Gasteiger partial charge on any atom is -0.383 e. The Bertz CT molecular complexity index is 666. The maximum Gasteiger partial charge on any atom is 0.0832 e. The standard InChI is InChI=1S/C16H16N2OS/c1-2-4-13(5-3-1)11-19-9-8-17-14-6-7-16-15(10-14)18-12-20-16/h1-7,10,12,17H,8-9,11H2. The molecule has 0 aliphatic heterocycles. The molecule has 3 aromatic rings. The summed E-state index contributed by atoms with van der Waals surface area (Å²) in [7, 11) is 0. The highest BCUT2D eigenvalue weighted by molar-refractivity contribution is 7.16. The SMILES string of the molecule is c1ccc(COCCNc2ccc3scnc3c2)cc1. The molecule has 1 aromatic heterocycles. The Balaban J connectivity index is 1.43. The first-order chi connectivity index (χ1) is 9.92. The monoisotopic (exact) mass is 284 g/mol. The first kappa shape index (κ1) is 13.1. The molecule has 0 saturated heterocycles. The van der Waals surface area contributed by atoms with Crippen LogP contribution in [0.2, 0.25) is 0 Å². The quantitative estimate of drug-likeness (QED) is 0.696. The predicted molar refractivity (Wildman–Crippen MR) is 84.2 cm³/mol. The predicted octanol–water partition coefficient (Wildman–Crippen LogP) is 3.93. The van der Waals surface area contributed by atoms with Crippen molar-refractivity contribution in [2.24, 2.45) is 0 Å². The minimum atomic E-state index is 0.660. The van der Waals surface area contributed by atoms with Gasteiger partial charge in [0.05, 0.1) is 28.9 Å². The lowest BCUT2D eigenvalue weighted by molar-refractivity contribution is 0.130. The lowest BCUT2D eigenvalue weighted by Crippen LogP contribution is -2.09. The van der Waals surface area contributed by atoms with E-state index in [0.29, 0.717) is 13.2 Å². The third-order valence-electron chi connectivity index (χ3n) is 3.02. The van der Waals surface area contributed by atoms with Crippen LogP contribution in [0.3, 0.4) is 0 Å². The van der Waals surface area contributed by atoms with Crippen molar-refractivity contribution in [3.05, 3.63) is 59.6 Å². The van der Waals surface area contributed by atoms with Gasteiger partial charge in [0.1, 0.15) is 0 Å². The minimum absolute atomic E-state index is 0.660. The van der Waals surface area contributed by atoms with Gasteiger partial charge in [-0.3, -0.25) is 0 Å². The van der Waals surface area contributed by atoms with Crippen LogP contribution < -0.4 is 5.32 Å². The fourth-order valence-corrected chi connectivity index (χ4v) is 2.66. The average molecular weight is 284 g/mol. The summed E-state index contributed by atoms with van der Waals surface area (Å²) in [6, 6.07) is 16.5. The normalized spacial score (nSPS) is 10.8. The van der Waals surface area contributed by atoms with Crippen molar-refractivity contribution in [2.75, 3.05) is 18.5 Å². The van der Waals surface area contributed by atoms with Gasteiger partial charge in [0, 0.05) is 12.2 Å². The third-order valence-corrected chi connectivity index (χ3v) is 3.83. The molecule has 1 N–H and O–H groups in total. The number of hydrogen-bond acceptors (Lipinski definition) is 4. The molecule has 0 aliphatic carbocycles. The van der Waals surface area contributed by atoms with Gasteiger partial charge in [-0.2, -0.15) is 0 Å². The van der Waals surface area contributed by atoms with Crippen LogP contribution in [0.15, 0.2) is 54.0 Å². The number of nitrogens with zero attached hydrogens (tertiary/aromatic N) is 1. The molecule has 0 saturated carbocycles. The van der Waals surface area contributed by atoms with E-state index in [0.717, 1.165) is 17.7 Å². The number of thiazole rings is 1. The molecule has 0 unspecified atom stereocenters. The number of ether oxygens (including phenoxy) is 1. The molecule has 3 rings (SSSR count). The summed E-state index contributed by atoms with van der Waals surface area (Å²) >= 11 is 1.66. The van der Waals surface area contributed by atoms with Crippen LogP contribution >= 0.6 is 11.3 Å². The maximum atomic E-state index is 5.64. The van der Waals surface area contributed by atoms with Crippen LogP contribution in [-0.2, 0) is 11.3 Å². The molecular formula is C16H16N2OS. The van der Waals surface area contributed by atoms with Crippen molar-refractivity contribution in [1.29, 1.82) is 0 Å². The van der Waals surface area contributed by atoms with Crippen molar-refractivity contribution in [1.82, 2.24) is 4.98 Å².